The Morgan fingerprint density at radius 2 is 1.93 bits per heavy atom. The van der Waals surface area contributed by atoms with Crippen LogP contribution in [0.25, 0.3) is 0 Å². The van der Waals surface area contributed by atoms with E-state index in [9.17, 15) is 19.8 Å². The van der Waals surface area contributed by atoms with Crippen LogP contribution in [0.5, 0.6) is 0 Å². The van der Waals surface area contributed by atoms with Gasteiger partial charge in [-0.3, -0.25) is 4.79 Å². The Bertz CT molecular complexity index is 782. The van der Waals surface area contributed by atoms with Crippen molar-refractivity contribution in [3.05, 3.63) is 35.5 Å². The van der Waals surface area contributed by atoms with E-state index < -0.39 is 23.8 Å². The molecule has 3 rings (SSSR count). The first-order valence-corrected chi connectivity index (χ1v) is 11.0. The zero-order chi connectivity index (χ0) is 22.2. The molecule has 0 aromatic rings. The Labute approximate surface area is 179 Å². The first kappa shape index (κ1) is 22.8. The van der Waals surface area contributed by atoms with Crippen LogP contribution < -0.4 is 5.32 Å². The number of hydrogen-bond acceptors (Lipinski definition) is 5. The first-order chi connectivity index (χ1) is 14.1. The summed E-state index contributed by atoms with van der Waals surface area (Å²) in [5.74, 6) is -1.02. The van der Waals surface area contributed by atoms with Crippen molar-refractivity contribution in [1.29, 1.82) is 0 Å². The highest BCUT2D eigenvalue weighted by atomic mass is 16.6. The lowest BCUT2D eigenvalue weighted by molar-refractivity contribution is -0.172. The van der Waals surface area contributed by atoms with E-state index in [4.69, 9.17) is 4.74 Å². The Kier molecular flexibility index (Phi) is 6.58. The molecular weight excluding hydrogens is 382 g/mol. The number of rotatable bonds is 2. The molecule has 1 spiro atoms. The van der Waals surface area contributed by atoms with E-state index in [-0.39, 0.29) is 29.7 Å². The number of allylic oxidation sites excluding steroid dienone is 2. The molecule has 1 fully saturated rings. The molecule has 30 heavy (non-hydrogen) atoms. The summed E-state index contributed by atoms with van der Waals surface area (Å²) in [6, 6.07) is -0.0792. The van der Waals surface area contributed by atoms with Crippen molar-refractivity contribution in [3.63, 3.8) is 0 Å². The predicted molar refractivity (Wildman–Crippen MR) is 114 cm³/mol. The molecule has 6 heteroatoms. The van der Waals surface area contributed by atoms with Crippen molar-refractivity contribution >= 4 is 11.9 Å². The number of aliphatic hydroxyl groups is 2. The molecule has 0 unspecified atom stereocenters. The number of carbonyl (C=O) groups is 2. The normalized spacial score (nSPS) is 42.5. The smallest absolute Gasteiger partial charge is 0.331 e. The fourth-order valence-electron chi connectivity index (χ4n) is 5.27. The molecule has 0 radical (unpaired) electrons. The monoisotopic (exact) mass is 417 g/mol. The van der Waals surface area contributed by atoms with Gasteiger partial charge in [0.25, 0.3) is 5.91 Å². The van der Waals surface area contributed by atoms with E-state index in [0.717, 1.165) is 18.1 Å². The van der Waals surface area contributed by atoms with Gasteiger partial charge in [0.2, 0.25) is 5.60 Å². The predicted octanol–water partition coefficient (Wildman–Crippen LogP) is 2.66. The standard InChI is InChI=1S/C24H35NO5/c1-13(2)10-18-22-16(5)15(4)12-17-11-14(3)6-7-19(26)20(27)8-9-21(28)30-24(17,22)23(29)25-18/h8-9,11-13,16-20,22,26-27H,6-7,10H2,1-5H3,(H,25,29)/b9-8+,14-11+/t16-,17+,18+,19+,20-,22+,24-/m1/s1. The maximum absolute atomic E-state index is 13.4. The van der Waals surface area contributed by atoms with Crippen molar-refractivity contribution in [2.75, 3.05) is 0 Å². The molecule has 0 saturated carbocycles. The third-order valence-corrected chi connectivity index (χ3v) is 6.91. The molecule has 3 aliphatic rings. The number of carbonyl (C=O) groups excluding carboxylic acids is 2. The van der Waals surface area contributed by atoms with Crippen molar-refractivity contribution in [2.45, 2.75) is 77.7 Å². The number of esters is 1. The van der Waals surface area contributed by atoms with Crippen LogP contribution in [-0.2, 0) is 14.3 Å². The molecular formula is C24H35NO5. The Balaban J connectivity index is 2.13. The molecule has 6 nitrogen and oxygen atoms in total. The minimum atomic E-state index is -1.32. The third-order valence-electron chi connectivity index (χ3n) is 6.91. The third kappa shape index (κ3) is 4.12. The topological polar surface area (TPSA) is 95.9 Å². The summed E-state index contributed by atoms with van der Waals surface area (Å²) in [6.45, 7) is 10.4. The Morgan fingerprint density at radius 1 is 1.23 bits per heavy atom. The highest BCUT2D eigenvalue weighted by Crippen LogP contribution is 2.50. The number of ether oxygens (including phenoxy) is 1. The maximum atomic E-state index is 13.4. The highest BCUT2D eigenvalue weighted by molar-refractivity contribution is 5.94. The van der Waals surface area contributed by atoms with Crippen molar-refractivity contribution < 1.29 is 24.5 Å². The molecule has 0 bridgehead atoms. The van der Waals surface area contributed by atoms with Crippen LogP contribution in [0, 0.1) is 23.7 Å². The quantitative estimate of drug-likeness (QED) is 0.474. The average molecular weight is 418 g/mol. The maximum Gasteiger partial charge on any atom is 0.331 e. The Hall–Kier alpha value is -1.92. The number of amides is 1. The van der Waals surface area contributed by atoms with Crippen LogP contribution in [0.2, 0.25) is 0 Å². The van der Waals surface area contributed by atoms with E-state index in [1.54, 1.807) is 0 Å². The van der Waals surface area contributed by atoms with Gasteiger partial charge in [-0.2, -0.15) is 0 Å². The molecule has 1 amide bonds. The van der Waals surface area contributed by atoms with Gasteiger partial charge in [0.05, 0.1) is 12.2 Å². The summed E-state index contributed by atoms with van der Waals surface area (Å²) in [6.07, 6.45) is 6.06. The van der Waals surface area contributed by atoms with Gasteiger partial charge in [0, 0.05) is 24.0 Å². The summed E-state index contributed by atoms with van der Waals surface area (Å²) < 4.78 is 5.99. The van der Waals surface area contributed by atoms with Crippen molar-refractivity contribution in [2.24, 2.45) is 23.7 Å². The van der Waals surface area contributed by atoms with Gasteiger partial charge in [-0.25, -0.2) is 4.79 Å². The Morgan fingerprint density at radius 3 is 2.60 bits per heavy atom. The lowest BCUT2D eigenvalue weighted by atomic mass is 9.63. The average Bonchev–Trinajstić information content (AvgIpc) is 2.93. The lowest BCUT2D eigenvalue weighted by Gasteiger charge is -2.45. The van der Waals surface area contributed by atoms with Gasteiger partial charge in [-0.05, 0) is 51.0 Å². The minimum Gasteiger partial charge on any atom is -0.444 e. The number of aliphatic hydroxyl groups excluding tert-OH is 2. The zero-order valence-corrected chi connectivity index (χ0v) is 18.6. The van der Waals surface area contributed by atoms with E-state index in [2.05, 4.69) is 39.1 Å². The second kappa shape index (κ2) is 8.67. The summed E-state index contributed by atoms with van der Waals surface area (Å²) in [7, 11) is 0. The van der Waals surface area contributed by atoms with Crippen molar-refractivity contribution in [1.82, 2.24) is 5.32 Å². The number of hydrogen-bond donors (Lipinski definition) is 3. The van der Waals surface area contributed by atoms with Crippen LogP contribution in [0.4, 0.5) is 0 Å². The lowest BCUT2D eigenvalue weighted by Crippen LogP contribution is -2.56. The van der Waals surface area contributed by atoms with Crippen LogP contribution in [-0.4, -0.2) is 45.9 Å². The fraction of sp³-hybridized carbons (Fsp3) is 0.667. The van der Waals surface area contributed by atoms with Gasteiger partial charge in [-0.15, -0.1) is 0 Å². The van der Waals surface area contributed by atoms with Gasteiger partial charge in [0.15, 0.2) is 0 Å². The second-order valence-electron chi connectivity index (χ2n) is 9.64. The van der Waals surface area contributed by atoms with E-state index in [1.165, 1.54) is 11.6 Å². The summed E-state index contributed by atoms with van der Waals surface area (Å²) >= 11 is 0. The molecule has 7 atom stereocenters. The molecule has 1 aliphatic carbocycles. The largest absolute Gasteiger partial charge is 0.444 e. The van der Waals surface area contributed by atoms with Crippen LogP contribution in [0.3, 0.4) is 0 Å². The SMILES string of the molecule is CC1=C[C@@H]2/C=C(\C)CC[C@H](O)[C@H](O)/C=C/C(=O)O[C@]23C(=O)N[C@@H](CC(C)C)[C@@H]3[C@@H]1C. The molecule has 2 heterocycles. The first-order valence-electron chi connectivity index (χ1n) is 11.0. The van der Waals surface area contributed by atoms with Gasteiger partial charge in [0.1, 0.15) is 0 Å². The molecule has 2 aliphatic heterocycles. The van der Waals surface area contributed by atoms with E-state index >= 15 is 0 Å². The van der Waals surface area contributed by atoms with E-state index in [0.29, 0.717) is 18.8 Å². The second-order valence-corrected chi connectivity index (χ2v) is 9.64. The molecule has 0 aromatic carbocycles. The number of nitrogens with one attached hydrogen (secondary N) is 1. The molecule has 1 saturated heterocycles. The van der Waals surface area contributed by atoms with Crippen LogP contribution in [0.1, 0.15) is 53.9 Å². The molecule has 0 aromatic heterocycles. The minimum absolute atomic E-state index is 0.0785. The zero-order valence-electron chi connectivity index (χ0n) is 18.6. The van der Waals surface area contributed by atoms with Gasteiger partial charge < -0.3 is 20.3 Å². The molecule has 166 valence electrons. The van der Waals surface area contributed by atoms with E-state index in [1.807, 2.05) is 13.0 Å². The van der Waals surface area contributed by atoms with Gasteiger partial charge in [-0.1, -0.05) is 44.1 Å². The summed E-state index contributed by atoms with van der Waals surface area (Å²) in [5, 5.41) is 23.4. The van der Waals surface area contributed by atoms with Crippen LogP contribution >= 0.6 is 0 Å². The summed E-state index contributed by atoms with van der Waals surface area (Å²) in [5.41, 5.74) is 0.858. The summed E-state index contributed by atoms with van der Waals surface area (Å²) in [4.78, 5) is 26.2. The molecule has 3 N–H and O–H groups in total. The fourth-order valence-corrected chi connectivity index (χ4v) is 5.27. The van der Waals surface area contributed by atoms with Gasteiger partial charge >= 0.3 is 5.97 Å². The highest BCUT2D eigenvalue weighted by Gasteiger charge is 2.64. The van der Waals surface area contributed by atoms with Crippen molar-refractivity contribution in [3.8, 4) is 0 Å². The van der Waals surface area contributed by atoms with Crippen LogP contribution in [0.15, 0.2) is 35.5 Å².